The average Bonchev–Trinajstić information content (AvgIpc) is 2.73. The Balaban J connectivity index is 1.43. The Bertz CT molecular complexity index is 834. The number of carbonyl (C=O) groups excluding carboxylic acids is 1. The number of nitrogens with zero attached hydrogens (tertiary/aromatic N) is 5. The minimum Gasteiger partial charge on any atom is -0.375 e. The number of amides is 1. The normalized spacial score (nSPS) is 17.9. The summed E-state index contributed by atoms with van der Waals surface area (Å²) in [6.07, 6.45) is 7.70. The monoisotopic (exact) mass is 382 g/mol. The molecular weight excluding hydrogens is 356 g/mol. The van der Waals surface area contributed by atoms with Gasteiger partial charge in [0, 0.05) is 45.8 Å². The molecule has 2 aromatic rings. The summed E-state index contributed by atoms with van der Waals surface area (Å²) in [5.41, 5.74) is 2.60. The molecule has 2 aromatic heterocycles. The fraction of sp³-hybridized carbons (Fsp3) is 0.500. The van der Waals surface area contributed by atoms with Crippen molar-refractivity contribution in [2.24, 2.45) is 0 Å². The molecule has 8 heteroatoms. The van der Waals surface area contributed by atoms with Crippen molar-refractivity contribution in [3.8, 4) is 0 Å². The molecule has 148 valence electrons. The summed E-state index contributed by atoms with van der Waals surface area (Å²) in [5.74, 6) is 0.786. The molecule has 0 saturated carbocycles. The van der Waals surface area contributed by atoms with Gasteiger partial charge in [0.15, 0.2) is 0 Å². The van der Waals surface area contributed by atoms with Crippen LogP contribution in [-0.4, -0.2) is 66.1 Å². The molecule has 1 amide bonds. The number of nitrogens with one attached hydrogen (secondary N) is 1. The Kier molecular flexibility index (Phi) is 5.13. The maximum absolute atomic E-state index is 12.6. The topological polar surface area (TPSA) is 83.5 Å². The zero-order valence-corrected chi connectivity index (χ0v) is 16.4. The highest BCUT2D eigenvalue weighted by molar-refractivity contribution is 5.80. The van der Waals surface area contributed by atoms with Gasteiger partial charge >= 0.3 is 0 Å². The van der Waals surface area contributed by atoms with Crippen LogP contribution in [0.3, 0.4) is 0 Å². The van der Waals surface area contributed by atoms with Crippen molar-refractivity contribution < 1.29 is 9.53 Å². The number of piperidine rings is 1. The lowest BCUT2D eigenvalue weighted by Crippen LogP contribution is -2.50. The fourth-order valence-corrected chi connectivity index (χ4v) is 3.87. The van der Waals surface area contributed by atoms with E-state index >= 15 is 0 Å². The van der Waals surface area contributed by atoms with Gasteiger partial charge in [0.25, 0.3) is 0 Å². The first kappa shape index (κ1) is 18.6. The van der Waals surface area contributed by atoms with Crippen LogP contribution in [0.4, 0.5) is 11.6 Å². The Morgan fingerprint density at radius 3 is 2.86 bits per heavy atom. The third kappa shape index (κ3) is 3.64. The second-order valence-corrected chi connectivity index (χ2v) is 7.51. The highest BCUT2D eigenvalue weighted by atomic mass is 16.5. The molecule has 1 N–H and O–H groups in total. The van der Waals surface area contributed by atoms with Crippen LogP contribution in [0.2, 0.25) is 0 Å². The molecule has 0 atom stereocenters. The first-order chi connectivity index (χ1) is 13.6. The minimum atomic E-state index is -0.408. The van der Waals surface area contributed by atoms with Crippen molar-refractivity contribution in [3.63, 3.8) is 0 Å². The third-order valence-corrected chi connectivity index (χ3v) is 5.46. The van der Waals surface area contributed by atoms with Gasteiger partial charge in [-0.25, -0.2) is 9.97 Å². The van der Waals surface area contributed by atoms with Crippen LogP contribution in [0.1, 0.15) is 24.1 Å². The van der Waals surface area contributed by atoms with Gasteiger partial charge in [-0.05, 0) is 37.0 Å². The van der Waals surface area contributed by atoms with Crippen LogP contribution in [-0.2, 0) is 21.6 Å². The number of ether oxygens (including phenoxy) is 1. The van der Waals surface area contributed by atoms with Crippen molar-refractivity contribution in [2.75, 3.05) is 50.6 Å². The standard InChI is InChI=1S/C20H26N6O2/c1-25(2)19-23-12-15-5-11-28-20(18(15)24-19)6-9-26(10-7-20)17(27)14-22-16-4-3-8-21-13-16/h3-4,8,12-13,22H,5-7,9-11,14H2,1-2H3. The molecule has 1 saturated heterocycles. The average molecular weight is 382 g/mol. The molecule has 28 heavy (non-hydrogen) atoms. The highest BCUT2D eigenvalue weighted by Gasteiger charge is 2.43. The predicted molar refractivity (Wildman–Crippen MR) is 106 cm³/mol. The summed E-state index contributed by atoms with van der Waals surface area (Å²) in [4.78, 5) is 29.7. The van der Waals surface area contributed by atoms with Gasteiger partial charge in [-0.2, -0.15) is 0 Å². The van der Waals surface area contributed by atoms with Crippen LogP contribution >= 0.6 is 0 Å². The number of aromatic nitrogens is 3. The van der Waals surface area contributed by atoms with Gasteiger partial charge in [0.05, 0.1) is 24.5 Å². The van der Waals surface area contributed by atoms with Crippen molar-refractivity contribution >= 4 is 17.5 Å². The molecule has 2 aliphatic rings. The Morgan fingerprint density at radius 2 is 2.14 bits per heavy atom. The number of hydrogen-bond donors (Lipinski definition) is 1. The van der Waals surface area contributed by atoms with E-state index in [4.69, 9.17) is 9.72 Å². The van der Waals surface area contributed by atoms with Gasteiger partial charge in [-0.3, -0.25) is 9.78 Å². The summed E-state index contributed by atoms with van der Waals surface area (Å²) < 4.78 is 6.25. The first-order valence-corrected chi connectivity index (χ1v) is 9.67. The smallest absolute Gasteiger partial charge is 0.241 e. The zero-order valence-electron chi connectivity index (χ0n) is 16.4. The lowest BCUT2D eigenvalue weighted by molar-refractivity contribution is -0.139. The van der Waals surface area contributed by atoms with Crippen LogP contribution in [0, 0.1) is 0 Å². The predicted octanol–water partition coefficient (Wildman–Crippen LogP) is 1.44. The minimum absolute atomic E-state index is 0.0893. The number of hydrogen-bond acceptors (Lipinski definition) is 7. The Hall–Kier alpha value is -2.74. The van der Waals surface area contributed by atoms with E-state index in [9.17, 15) is 4.79 Å². The Labute approximate surface area is 164 Å². The highest BCUT2D eigenvalue weighted by Crippen LogP contribution is 2.40. The number of carbonyl (C=O) groups is 1. The maximum Gasteiger partial charge on any atom is 0.241 e. The molecular formula is C20H26N6O2. The molecule has 0 radical (unpaired) electrons. The zero-order chi connectivity index (χ0) is 19.6. The summed E-state index contributed by atoms with van der Waals surface area (Å²) in [6, 6.07) is 3.75. The van der Waals surface area contributed by atoms with Crippen molar-refractivity contribution in [3.05, 3.63) is 42.0 Å². The molecule has 4 rings (SSSR count). The number of pyridine rings is 1. The van der Waals surface area contributed by atoms with Gasteiger partial charge in [0.1, 0.15) is 5.60 Å². The van der Waals surface area contributed by atoms with Gasteiger partial charge in [0.2, 0.25) is 11.9 Å². The van der Waals surface area contributed by atoms with Gasteiger partial charge in [-0.1, -0.05) is 0 Å². The number of anilines is 2. The van der Waals surface area contributed by atoms with Gasteiger partial charge < -0.3 is 19.9 Å². The van der Waals surface area contributed by atoms with Crippen LogP contribution in [0.5, 0.6) is 0 Å². The van der Waals surface area contributed by atoms with E-state index in [1.807, 2.05) is 42.2 Å². The van der Waals surface area contributed by atoms with E-state index in [2.05, 4.69) is 15.3 Å². The number of rotatable bonds is 4. The molecule has 8 nitrogen and oxygen atoms in total. The molecule has 1 fully saturated rings. The fourth-order valence-electron chi connectivity index (χ4n) is 3.87. The van der Waals surface area contributed by atoms with E-state index in [0.29, 0.717) is 25.6 Å². The molecule has 1 spiro atoms. The summed E-state index contributed by atoms with van der Waals surface area (Å²) >= 11 is 0. The van der Waals surface area contributed by atoms with E-state index in [0.717, 1.165) is 36.2 Å². The van der Waals surface area contributed by atoms with E-state index in [-0.39, 0.29) is 12.5 Å². The second kappa shape index (κ2) is 7.71. The van der Waals surface area contributed by atoms with E-state index < -0.39 is 5.60 Å². The molecule has 0 aromatic carbocycles. The first-order valence-electron chi connectivity index (χ1n) is 9.67. The maximum atomic E-state index is 12.6. The molecule has 0 aliphatic carbocycles. The second-order valence-electron chi connectivity index (χ2n) is 7.51. The number of likely N-dealkylation sites (tertiary alicyclic amines) is 1. The van der Waals surface area contributed by atoms with Crippen LogP contribution < -0.4 is 10.2 Å². The van der Waals surface area contributed by atoms with Crippen LogP contribution in [0.25, 0.3) is 0 Å². The largest absolute Gasteiger partial charge is 0.375 e. The van der Waals surface area contributed by atoms with Crippen LogP contribution in [0.15, 0.2) is 30.7 Å². The van der Waals surface area contributed by atoms with E-state index in [1.165, 1.54) is 0 Å². The van der Waals surface area contributed by atoms with Crippen molar-refractivity contribution in [1.82, 2.24) is 19.9 Å². The quantitative estimate of drug-likeness (QED) is 0.857. The van der Waals surface area contributed by atoms with Gasteiger partial charge in [-0.15, -0.1) is 0 Å². The third-order valence-electron chi connectivity index (χ3n) is 5.46. The number of fused-ring (bicyclic) bond motifs is 2. The summed E-state index contributed by atoms with van der Waals surface area (Å²) in [5, 5.41) is 3.14. The molecule has 0 unspecified atom stereocenters. The van der Waals surface area contributed by atoms with Crippen molar-refractivity contribution in [2.45, 2.75) is 24.9 Å². The van der Waals surface area contributed by atoms with Crippen molar-refractivity contribution in [1.29, 1.82) is 0 Å². The SMILES string of the molecule is CN(C)c1ncc2c(n1)C1(CCN(C(=O)CNc3cccnc3)CC1)OCC2. The molecule has 4 heterocycles. The summed E-state index contributed by atoms with van der Waals surface area (Å²) in [6.45, 7) is 2.26. The summed E-state index contributed by atoms with van der Waals surface area (Å²) in [7, 11) is 3.88. The lowest BCUT2D eigenvalue weighted by Gasteiger charge is -2.44. The Morgan fingerprint density at radius 1 is 1.32 bits per heavy atom. The molecule has 0 bridgehead atoms. The van der Waals surface area contributed by atoms with E-state index in [1.54, 1.807) is 12.4 Å². The lowest BCUT2D eigenvalue weighted by atomic mass is 9.83. The molecule has 2 aliphatic heterocycles.